The molecule has 0 aliphatic heterocycles. The number of benzene rings is 2. The lowest BCUT2D eigenvalue weighted by Crippen LogP contribution is -1.75. The van der Waals surface area contributed by atoms with E-state index in [9.17, 15) is 0 Å². The number of hydrogen-bond acceptors (Lipinski definition) is 2. The molecule has 0 fully saturated rings. The molecule has 2 heteroatoms. The Balaban J connectivity index is 0.000000184. The van der Waals surface area contributed by atoms with Crippen molar-refractivity contribution >= 4 is 0 Å². The van der Waals surface area contributed by atoms with Gasteiger partial charge in [0.2, 0.25) is 0 Å². The third kappa shape index (κ3) is 4.51. The minimum absolute atomic E-state index is 0.527. The fourth-order valence-electron chi connectivity index (χ4n) is 1.47. The van der Waals surface area contributed by atoms with Gasteiger partial charge in [-0.1, -0.05) is 41.5 Å². The highest BCUT2D eigenvalue weighted by molar-refractivity contribution is 5.38. The lowest BCUT2D eigenvalue weighted by atomic mass is 10.2. The molecule has 0 atom stereocenters. The second kappa shape index (κ2) is 6.89. The van der Waals surface area contributed by atoms with E-state index in [4.69, 9.17) is 10.5 Å². The summed E-state index contributed by atoms with van der Waals surface area (Å²) in [6, 6.07) is 18.9. The number of aryl methyl sites for hydroxylation is 2. The van der Waals surface area contributed by atoms with Crippen LogP contribution in [0, 0.1) is 36.5 Å². The molecule has 18 heavy (non-hydrogen) atoms. The van der Waals surface area contributed by atoms with Gasteiger partial charge in [0.1, 0.15) is 0 Å². The molecule has 2 rings (SSSR count). The first-order valence-corrected chi connectivity index (χ1v) is 5.59. The molecule has 2 aromatic carbocycles. The van der Waals surface area contributed by atoms with Crippen LogP contribution in [0.3, 0.4) is 0 Å². The minimum Gasteiger partial charge on any atom is -0.192 e. The topological polar surface area (TPSA) is 47.6 Å². The molecular formula is C16H14N2. The van der Waals surface area contributed by atoms with Gasteiger partial charge in [-0.2, -0.15) is 10.5 Å². The summed E-state index contributed by atoms with van der Waals surface area (Å²) in [5, 5.41) is 16.8. The van der Waals surface area contributed by atoms with Crippen LogP contribution in [-0.2, 0) is 0 Å². The van der Waals surface area contributed by atoms with Gasteiger partial charge in [0.25, 0.3) is 0 Å². The first-order chi connectivity index (χ1) is 8.65. The Kier molecular flexibility index (Phi) is 5.16. The summed E-state index contributed by atoms with van der Waals surface area (Å²) < 4.78 is 0. The maximum Gasteiger partial charge on any atom is 0.0992 e. The van der Waals surface area contributed by atoms with Gasteiger partial charge >= 0.3 is 0 Å². The molecule has 0 heterocycles. The van der Waals surface area contributed by atoms with Crippen LogP contribution in [0.2, 0.25) is 0 Å². The highest BCUT2D eigenvalue weighted by Crippen LogP contribution is 2.01. The quantitative estimate of drug-likeness (QED) is 0.697. The van der Waals surface area contributed by atoms with Crippen molar-refractivity contribution in [2.75, 3.05) is 0 Å². The molecular weight excluding hydrogens is 220 g/mol. The molecule has 0 amide bonds. The van der Waals surface area contributed by atoms with Crippen LogP contribution in [0.5, 0.6) is 0 Å². The minimum atomic E-state index is 0.527. The van der Waals surface area contributed by atoms with Gasteiger partial charge < -0.3 is 0 Å². The van der Waals surface area contributed by atoms with Crippen molar-refractivity contribution in [2.45, 2.75) is 13.8 Å². The van der Waals surface area contributed by atoms with Crippen LogP contribution in [-0.4, -0.2) is 0 Å². The summed E-state index contributed by atoms with van der Waals surface area (Å²) in [4.78, 5) is 0. The van der Waals surface area contributed by atoms with E-state index in [-0.39, 0.29) is 0 Å². The summed E-state index contributed by atoms with van der Waals surface area (Å²) in [7, 11) is 0. The molecule has 88 valence electrons. The van der Waals surface area contributed by atoms with Crippen molar-refractivity contribution in [1.82, 2.24) is 0 Å². The Morgan fingerprint density at radius 2 is 1.17 bits per heavy atom. The predicted octanol–water partition coefficient (Wildman–Crippen LogP) is 3.73. The van der Waals surface area contributed by atoms with Crippen molar-refractivity contribution in [1.29, 1.82) is 10.5 Å². The van der Waals surface area contributed by atoms with Crippen molar-refractivity contribution in [3.05, 3.63) is 70.8 Å². The lowest BCUT2D eigenvalue weighted by molar-refractivity contribution is 1.39. The Labute approximate surface area is 108 Å². The Bertz CT molecular complexity index is 554. The normalized spacial score (nSPS) is 8.44. The van der Waals surface area contributed by atoms with Crippen LogP contribution >= 0.6 is 0 Å². The molecule has 0 aromatic heterocycles. The van der Waals surface area contributed by atoms with Crippen molar-refractivity contribution in [3.8, 4) is 12.1 Å². The van der Waals surface area contributed by atoms with Crippen LogP contribution < -0.4 is 0 Å². The van der Waals surface area contributed by atoms with Gasteiger partial charge in [-0.15, -0.1) is 0 Å². The zero-order chi connectivity index (χ0) is 13.4. The van der Waals surface area contributed by atoms with Crippen molar-refractivity contribution < 1.29 is 0 Å². The maximum atomic E-state index is 8.40. The zero-order valence-electron chi connectivity index (χ0n) is 10.5. The Morgan fingerprint density at radius 3 is 1.50 bits per heavy atom. The Hall–Kier alpha value is -2.58. The van der Waals surface area contributed by atoms with Crippen LogP contribution in [0.4, 0.5) is 0 Å². The zero-order valence-corrected chi connectivity index (χ0v) is 10.5. The van der Waals surface area contributed by atoms with E-state index in [0.717, 1.165) is 0 Å². The lowest BCUT2D eigenvalue weighted by Gasteiger charge is -1.90. The van der Waals surface area contributed by atoms with Gasteiger partial charge in [-0.3, -0.25) is 0 Å². The van der Waals surface area contributed by atoms with E-state index in [1.807, 2.05) is 12.1 Å². The molecule has 2 aromatic rings. The smallest absolute Gasteiger partial charge is 0.0992 e. The Morgan fingerprint density at radius 1 is 0.722 bits per heavy atom. The van der Waals surface area contributed by atoms with Crippen LogP contribution in [0.25, 0.3) is 0 Å². The molecule has 0 aliphatic rings. The van der Waals surface area contributed by atoms with Crippen molar-refractivity contribution in [3.63, 3.8) is 0 Å². The van der Waals surface area contributed by atoms with Crippen LogP contribution in [0.15, 0.2) is 48.5 Å². The molecule has 0 saturated carbocycles. The molecule has 0 radical (unpaired) electrons. The average Bonchev–Trinajstić information content (AvgIpc) is 2.39. The third-order valence-electron chi connectivity index (χ3n) is 2.29. The van der Waals surface area contributed by atoms with Crippen molar-refractivity contribution in [2.24, 2.45) is 0 Å². The molecule has 0 saturated heterocycles. The summed E-state index contributed by atoms with van der Waals surface area (Å²) in [6.07, 6.45) is 0. The van der Waals surface area contributed by atoms with E-state index >= 15 is 0 Å². The standard InChI is InChI=1S/C8H4N2.C8H10/c9-5-7-2-1-3-8(4-7)6-10;1-7-4-3-5-8(2)6-7/h1-4H;3-6H,1-2H3. The number of nitriles is 2. The first-order valence-electron chi connectivity index (χ1n) is 5.59. The molecule has 2 nitrogen and oxygen atoms in total. The second-order valence-electron chi connectivity index (χ2n) is 3.96. The van der Waals surface area contributed by atoms with Gasteiger partial charge in [0, 0.05) is 0 Å². The molecule has 0 bridgehead atoms. The number of rotatable bonds is 0. The van der Waals surface area contributed by atoms with Gasteiger partial charge in [0.05, 0.1) is 23.3 Å². The summed E-state index contributed by atoms with van der Waals surface area (Å²) >= 11 is 0. The van der Waals surface area contributed by atoms with Gasteiger partial charge in [-0.25, -0.2) is 0 Å². The van der Waals surface area contributed by atoms with E-state index in [1.165, 1.54) is 11.1 Å². The number of hydrogen-bond donors (Lipinski definition) is 0. The van der Waals surface area contributed by atoms with E-state index < -0.39 is 0 Å². The monoisotopic (exact) mass is 234 g/mol. The highest BCUT2D eigenvalue weighted by Gasteiger charge is 1.90. The maximum absolute atomic E-state index is 8.40. The molecule has 0 N–H and O–H groups in total. The predicted molar refractivity (Wildman–Crippen MR) is 71.8 cm³/mol. The van der Waals surface area contributed by atoms with Crippen LogP contribution in [0.1, 0.15) is 22.3 Å². The van der Waals surface area contributed by atoms with E-state index in [2.05, 4.69) is 38.1 Å². The van der Waals surface area contributed by atoms with Gasteiger partial charge in [0.15, 0.2) is 0 Å². The fourth-order valence-corrected chi connectivity index (χ4v) is 1.47. The largest absolute Gasteiger partial charge is 0.192 e. The summed E-state index contributed by atoms with van der Waals surface area (Å²) in [5.74, 6) is 0. The summed E-state index contributed by atoms with van der Waals surface area (Å²) in [6.45, 7) is 4.21. The third-order valence-corrected chi connectivity index (χ3v) is 2.29. The summed E-state index contributed by atoms with van der Waals surface area (Å²) in [5.41, 5.74) is 3.73. The SMILES string of the molecule is Cc1cccc(C)c1.N#Cc1cccc(C#N)c1. The second-order valence-corrected chi connectivity index (χ2v) is 3.96. The fraction of sp³-hybridized carbons (Fsp3) is 0.125. The van der Waals surface area contributed by atoms with E-state index in [1.54, 1.807) is 24.3 Å². The van der Waals surface area contributed by atoms with Gasteiger partial charge in [-0.05, 0) is 32.0 Å². The molecule has 0 spiro atoms. The first kappa shape index (κ1) is 13.5. The average molecular weight is 234 g/mol. The molecule has 0 aliphatic carbocycles. The van der Waals surface area contributed by atoms with E-state index in [0.29, 0.717) is 11.1 Å². The molecule has 0 unspecified atom stereocenters. The number of nitrogens with zero attached hydrogens (tertiary/aromatic N) is 2. The highest BCUT2D eigenvalue weighted by atomic mass is 14.2.